The summed E-state index contributed by atoms with van der Waals surface area (Å²) in [5.41, 5.74) is 5.85. The Kier molecular flexibility index (Phi) is 10.3. The monoisotopic (exact) mass is 264 g/mol. The molecule has 0 aromatic heterocycles. The van der Waals surface area contributed by atoms with Gasteiger partial charge in [-0.2, -0.15) is 0 Å². The van der Waals surface area contributed by atoms with Gasteiger partial charge in [0, 0.05) is 11.8 Å². The maximum atomic E-state index is 9.78. The SMILES string of the molecule is CCCC(N)SCC(O)NC(CO)CC(C)C. The van der Waals surface area contributed by atoms with Crippen molar-refractivity contribution in [2.24, 2.45) is 11.7 Å². The van der Waals surface area contributed by atoms with E-state index in [1.54, 1.807) is 11.8 Å². The van der Waals surface area contributed by atoms with Gasteiger partial charge in [0.05, 0.1) is 12.0 Å². The highest BCUT2D eigenvalue weighted by Crippen LogP contribution is 2.12. The van der Waals surface area contributed by atoms with Gasteiger partial charge in [-0.3, -0.25) is 5.32 Å². The molecule has 3 unspecified atom stereocenters. The van der Waals surface area contributed by atoms with E-state index in [-0.39, 0.29) is 18.0 Å². The van der Waals surface area contributed by atoms with Crippen LogP contribution in [0.5, 0.6) is 0 Å². The smallest absolute Gasteiger partial charge is 0.114 e. The van der Waals surface area contributed by atoms with Gasteiger partial charge in [0.15, 0.2) is 0 Å². The molecule has 0 radical (unpaired) electrons. The molecule has 0 aliphatic heterocycles. The van der Waals surface area contributed by atoms with E-state index >= 15 is 0 Å². The third kappa shape index (κ3) is 9.85. The Morgan fingerprint density at radius 2 is 2.00 bits per heavy atom. The molecule has 0 saturated carbocycles. The molecule has 0 fully saturated rings. The van der Waals surface area contributed by atoms with Crippen molar-refractivity contribution in [3.8, 4) is 0 Å². The minimum absolute atomic E-state index is 0.0343. The largest absolute Gasteiger partial charge is 0.395 e. The molecular formula is C12H28N2O2S. The summed E-state index contributed by atoms with van der Waals surface area (Å²) in [5.74, 6) is 1.07. The Hall–Kier alpha value is 0.190. The molecule has 17 heavy (non-hydrogen) atoms. The fraction of sp³-hybridized carbons (Fsp3) is 1.00. The maximum Gasteiger partial charge on any atom is 0.114 e. The lowest BCUT2D eigenvalue weighted by Gasteiger charge is -2.23. The van der Waals surface area contributed by atoms with Crippen molar-refractivity contribution < 1.29 is 10.2 Å². The molecule has 4 nitrogen and oxygen atoms in total. The van der Waals surface area contributed by atoms with Crippen LogP contribution in [0.3, 0.4) is 0 Å². The van der Waals surface area contributed by atoms with Crippen LogP contribution in [0, 0.1) is 5.92 Å². The molecule has 3 atom stereocenters. The molecule has 0 saturated heterocycles. The van der Waals surface area contributed by atoms with Crippen molar-refractivity contribution >= 4 is 11.8 Å². The molecule has 0 heterocycles. The zero-order valence-electron chi connectivity index (χ0n) is 11.2. The molecule has 5 heteroatoms. The fourth-order valence-corrected chi connectivity index (χ4v) is 2.60. The Labute approximate surface area is 109 Å². The van der Waals surface area contributed by atoms with Crippen molar-refractivity contribution in [3.05, 3.63) is 0 Å². The maximum absolute atomic E-state index is 9.78. The third-order valence-corrected chi connectivity index (χ3v) is 3.62. The Balaban J connectivity index is 3.78. The summed E-state index contributed by atoms with van der Waals surface area (Å²) in [6.45, 7) is 6.35. The number of nitrogens with two attached hydrogens (primary N) is 1. The minimum atomic E-state index is -0.598. The predicted molar refractivity (Wildman–Crippen MR) is 74.8 cm³/mol. The van der Waals surface area contributed by atoms with Crippen LogP contribution in [0.2, 0.25) is 0 Å². The van der Waals surface area contributed by atoms with Gasteiger partial charge in [-0.15, -0.1) is 11.8 Å². The molecule has 5 N–H and O–H groups in total. The van der Waals surface area contributed by atoms with E-state index in [9.17, 15) is 10.2 Å². The number of nitrogens with one attached hydrogen (secondary N) is 1. The van der Waals surface area contributed by atoms with Gasteiger partial charge in [-0.05, 0) is 18.8 Å². The number of aliphatic hydroxyl groups excluding tert-OH is 2. The van der Waals surface area contributed by atoms with Crippen LogP contribution in [-0.2, 0) is 0 Å². The number of hydrogen-bond acceptors (Lipinski definition) is 5. The average molecular weight is 264 g/mol. The summed E-state index contributed by atoms with van der Waals surface area (Å²) >= 11 is 1.56. The first-order valence-corrected chi connectivity index (χ1v) is 7.46. The summed E-state index contributed by atoms with van der Waals surface area (Å²) in [6, 6.07) is -0.0343. The quantitative estimate of drug-likeness (QED) is 0.445. The van der Waals surface area contributed by atoms with E-state index in [1.807, 2.05) is 0 Å². The summed E-state index contributed by atoms with van der Waals surface area (Å²) < 4.78 is 0. The average Bonchev–Trinajstić information content (AvgIpc) is 2.25. The second-order valence-corrected chi connectivity index (χ2v) is 6.12. The first-order valence-electron chi connectivity index (χ1n) is 6.41. The normalized spacial score (nSPS) is 17.1. The summed E-state index contributed by atoms with van der Waals surface area (Å²) in [6.07, 6.45) is 2.29. The van der Waals surface area contributed by atoms with Crippen molar-refractivity contribution in [1.82, 2.24) is 5.32 Å². The standard InChI is InChI=1S/C12H28N2O2S/c1-4-5-11(13)17-8-12(16)14-10(7-15)6-9(2)3/h9-12,14-16H,4-8,13H2,1-3H3. The first-order chi connectivity index (χ1) is 7.99. The van der Waals surface area contributed by atoms with Gasteiger partial charge >= 0.3 is 0 Å². The molecule has 0 spiro atoms. The molecule has 0 bridgehead atoms. The van der Waals surface area contributed by atoms with Crippen molar-refractivity contribution in [1.29, 1.82) is 0 Å². The lowest BCUT2D eigenvalue weighted by atomic mass is 10.0. The topological polar surface area (TPSA) is 78.5 Å². The summed E-state index contributed by atoms with van der Waals surface area (Å²) in [4.78, 5) is 0. The molecule has 104 valence electrons. The van der Waals surface area contributed by atoms with Crippen molar-refractivity contribution in [2.75, 3.05) is 12.4 Å². The number of hydrogen-bond donors (Lipinski definition) is 4. The van der Waals surface area contributed by atoms with E-state index in [2.05, 4.69) is 26.1 Å². The van der Waals surface area contributed by atoms with Crippen LogP contribution in [0.25, 0.3) is 0 Å². The van der Waals surface area contributed by atoms with E-state index in [0.29, 0.717) is 11.7 Å². The molecular weight excluding hydrogens is 236 g/mol. The van der Waals surface area contributed by atoms with Crippen LogP contribution in [-0.4, -0.2) is 40.2 Å². The van der Waals surface area contributed by atoms with Crippen LogP contribution in [0.4, 0.5) is 0 Å². The van der Waals surface area contributed by atoms with E-state index in [4.69, 9.17) is 5.73 Å². The third-order valence-electron chi connectivity index (χ3n) is 2.45. The zero-order valence-corrected chi connectivity index (χ0v) is 12.0. The van der Waals surface area contributed by atoms with E-state index < -0.39 is 6.23 Å². The highest BCUT2D eigenvalue weighted by molar-refractivity contribution is 7.99. The number of thioether (sulfide) groups is 1. The molecule has 0 rings (SSSR count). The zero-order chi connectivity index (χ0) is 13.3. The fourth-order valence-electron chi connectivity index (χ4n) is 1.67. The summed E-state index contributed by atoms with van der Waals surface area (Å²) in [7, 11) is 0. The molecule has 0 aliphatic carbocycles. The number of aliphatic hydroxyl groups is 2. The molecule has 0 aliphatic rings. The molecule has 0 aromatic rings. The second kappa shape index (κ2) is 10.1. The van der Waals surface area contributed by atoms with Gasteiger partial charge in [-0.1, -0.05) is 27.2 Å². The van der Waals surface area contributed by atoms with Crippen LogP contribution in [0.15, 0.2) is 0 Å². The predicted octanol–water partition coefficient (Wildman–Crippen LogP) is 1.12. The molecule has 0 aromatic carbocycles. The lowest BCUT2D eigenvalue weighted by molar-refractivity contribution is 0.115. The lowest BCUT2D eigenvalue weighted by Crippen LogP contribution is -2.43. The minimum Gasteiger partial charge on any atom is -0.395 e. The van der Waals surface area contributed by atoms with Crippen molar-refractivity contribution in [3.63, 3.8) is 0 Å². The van der Waals surface area contributed by atoms with Gasteiger partial charge < -0.3 is 15.9 Å². The van der Waals surface area contributed by atoms with Gasteiger partial charge in [0.2, 0.25) is 0 Å². The number of rotatable bonds is 10. The van der Waals surface area contributed by atoms with Crippen LogP contribution >= 0.6 is 11.8 Å². The highest BCUT2D eigenvalue weighted by Gasteiger charge is 2.14. The van der Waals surface area contributed by atoms with Gasteiger partial charge in [0.1, 0.15) is 6.23 Å². The van der Waals surface area contributed by atoms with Gasteiger partial charge in [0.25, 0.3) is 0 Å². The first kappa shape index (κ1) is 17.2. The van der Waals surface area contributed by atoms with Gasteiger partial charge in [-0.25, -0.2) is 0 Å². The second-order valence-electron chi connectivity index (χ2n) is 4.85. The van der Waals surface area contributed by atoms with E-state index in [0.717, 1.165) is 19.3 Å². The highest BCUT2D eigenvalue weighted by atomic mass is 32.2. The van der Waals surface area contributed by atoms with Crippen LogP contribution in [0.1, 0.15) is 40.0 Å². The molecule has 0 amide bonds. The Bertz CT molecular complexity index is 182. The van der Waals surface area contributed by atoms with Crippen LogP contribution < -0.4 is 11.1 Å². The van der Waals surface area contributed by atoms with E-state index in [1.165, 1.54) is 0 Å². The summed E-state index contributed by atoms with van der Waals surface area (Å²) in [5, 5.41) is 22.1. The Morgan fingerprint density at radius 3 is 2.47 bits per heavy atom. The Morgan fingerprint density at radius 1 is 1.35 bits per heavy atom. The van der Waals surface area contributed by atoms with Crippen molar-refractivity contribution in [2.45, 2.75) is 57.7 Å².